The Balaban J connectivity index is 4.33. The van der Waals surface area contributed by atoms with Crippen LogP contribution in [-0.2, 0) is 32.7 Å². The van der Waals surface area contributed by atoms with Gasteiger partial charge in [-0.25, -0.2) is 0 Å². The molecule has 0 fully saturated rings. The van der Waals surface area contributed by atoms with Crippen LogP contribution in [0.2, 0.25) is 0 Å². The molecule has 0 radical (unpaired) electrons. The summed E-state index contributed by atoms with van der Waals surface area (Å²) in [5, 5.41) is 0. The van der Waals surface area contributed by atoms with Crippen LogP contribution < -0.4 is 4.89 Å². The molecule has 0 aromatic heterocycles. The summed E-state index contributed by atoms with van der Waals surface area (Å²) in [6, 6.07) is 0. The minimum absolute atomic E-state index is 0.0260. The number of hydrogen-bond donors (Lipinski definition) is 0. The van der Waals surface area contributed by atoms with Gasteiger partial charge in [-0.05, 0) is 12.8 Å². The predicted octanol–water partition coefficient (Wildman–Crippen LogP) is 10.6. The fourth-order valence-corrected chi connectivity index (χ4v) is 6.56. The molecule has 0 spiro atoms. The monoisotopic (exact) mass is 734 g/mol. The van der Waals surface area contributed by atoms with Crippen LogP contribution in [0, 0.1) is 0 Å². The molecule has 0 rings (SSSR count). The van der Waals surface area contributed by atoms with Gasteiger partial charge in [0.15, 0.2) is 6.10 Å². The quantitative estimate of drug-likeness (QED) is 0.0267. The first-order chi connectivity index (χ1) is 24.0. The third-order valence-electron chi connectivity index (χ3n) is 9.13. The zero-order valence-corrected chi connectivity index (χ0v) is 34.3. The number of hydrogen-bond acceptors (Lipinski definition) is 8. The summed E-state index contributed by atoms with van der Waals surface area (Å²) in [4.78, 5) is 37.4. The lowest BCUT2D eigenvalue weighted by Crippen LogP contribution is -2.37. The van der Waals surface area contributed by atoms with Crippen LogP contribution in [0.15, 0.2) is 0 Å². The van der Waals surface area contributed by atoms with E-state index in [0.29, 0.717) is 17.4 Å². The summed E-state index contributed by atoms with van der Waals surface area (Å²) in [7, 11) is 1.18. The number of likely N-dealkylation sites (N-methyl/N-ethyl adjacent to an activating group) is 1. The summed E-state index contributed by atoms with van der Waals surface area (Å²) in [6.45, 7) is 4.24. The van der Waals surface area contributed by atoms with Crippen LogP contribution in [0.5, 0.6) is 0 Å². The van der Waals surface area contributed by atoms with Gasteiger partial charge >= 0.3 is 11.9 Å². The second kappa shape index (κ2) is 33.8. The number of nitrogens with zero attached hydrogens (tertiary/aromatic N) is 1. The van der Waals surface area contributed by atoms with Crippen molar-refractivity contribution in [1.29, 1.82) is 0 Å². The third kappa shape index (κ3) is 36.8. The normalized spacial score (nSPS) is 13.6. The minimum atomic E-state index is -4.61. The number of esters is 2. The topological polar surface area (TPSA) is 111 Å². The van der Waals surface area contributed by atoms with E-state index in [1.807, 2.05) is 21.1 Å². The van der Waals surface area contributed by atoms with Gasteiger partial charge in [0.25, 0.3) is 7.82 Å². The van der Waals surface area contributed by atoms with Gasteiger partial charge in [-0.2, -0.15) is 0 Å². The molecule has 0 aliphatic carbocycles. The van der Waals surface area contributed by atoms with Gasteiger partial charge in [-0.1, -0.05) is 168 Å². The van der Waals surface area contributed by atoms with E-state index in [9.17, 15) is 19.0 Å². The second-order valence-corrected chi connectivity index (χ2v) is 16.8. The standard InChI is InChI=1S/C40H80NO8P/c1-6-8-10-12-14-16-18-19-20-21-23-24-26-28-30-32-39(42)46-36-38(37-48-50(44,45)47-35-34-41(3,4)5)49-40(43)33-31-29-27-25-22-17-15-13-11-9-7-2/h38H,6-37H2,1-5H3/t38-/m1/s1. The fraction of sp³-hybridized carbons (Fsp3) is 0.950. The molecule has 0 aliphatic rings. The molecule has 1 unspecified atom stereocenters. The Morgan fingerprint density at radius 3 is 1.28 bits per heavy atom. The molecule has 2 atom stereocenters. The Morgan fingerprint density at radius 2 is 0.900 bits per heavy atom. The Bertz CT molecular complexity index is 835. The van der Waals surface area contributed by atoms with E-state index >= 15 is 0 Å². The summed E-state index contributed by atoms with van der Waals surface area (Å²) in [5.41, 5.74) is 0. The highest BCUT2D eigenvalue weighted by Crippen LogP contribution is 2.38. The molecule has 298 valence electrons. The molecule has 0 aromatic carbocycles. The van der Waals surface area contributed by atoms with Crippen molar-refractivity contribution in [3.63, 3.8) is 0 Å². The number of unbranched alkanes of at least 4 members (excludes halogenated alkanes) is 24. The molecule has 0 heterocycles. The Kier molecular flexibility index (Phi) is 33.2. The van der Waals surface area contributed by atoms with Crippen LogP contribution in [0.1, 0.15) is 194 Å². The molecule has 0 saturated heterocycles. The van der Waals surface area contributed by atoms with Crippen molar-refractivity contribution in [2.45, 2.75) is 200 Å². The number of carbonyl (C=O) groups is 2. The smallest absolute Gasteiger partial charge is 0.306 e. The largest absolute Gasteiger partial charge is 0.756 e. The number of rotatable bonds is 38. The van der Waals surface area contributed by atoms with E-state index < -0.39 is 26.5 Å². The average Bonchev–Trinajstić information content (AvgIpc) is 3.06. The number of phosphoric acid groups is 1. The highest BCUT2D eigenvalue weighted by molar-refractivity contribution is 7.45. The van der Waals surface area contributed by atoms with Gasteiger partial charge in [-0.3, -0.25) is 14.2 Å². The highest BCUT2D eigenvalue weighted by Gasteiger charge is 2.21. The number of ether oxygens (including phenoxy) is 2. The first-order valence-electron chi connectivity index (χ1n) is 20.7. The van der Waals surface area contributed by atoms with Gasteiger partial charge in [0.2, 0.25) is 0 Å². The maximum absolute atomic E-state index is 12.6. The molecule has 0 N–H and O–H groups in total. The highest BCUT2D eigenvalue weighted by atomic mass is 31.2. The van der Waals surface area contributed by atoms with Crippen LogP contribution >= 0.6 is 7.82 Å². The van der Waals surface area contributed by atoms with E-state index in [2.05, 4.69) is 13.8 Å². The van der Waals surface area contributed by atoms with Gasteiger partial charge in [0.1, 0.15) is 19.8 Å². The van der Waals surface area contributed by atoms with E-state index in [1.165, 1.54) is 128 Å². The van der Waals surface area contributed by atoms with E-state index in [-0.39, 0.29) is 32.0 Å². The van der Waals surface area contributed by atoms with Crippen LogP contribution in [-0.4, -0.2) is 70.0 Å². The van der Waals surface area contributed by atoms with Gasteiger partial charge in [-0.15, -0.1) is 0 Å². The molecular formula is C40H80NO8P. The van der Waals surface area contributed by atoms with Crippen molar-refractivity contribution in [1.82, 2.24) is 0 Å². The Labute approximate surface area is 308 Å². The molecule has 0 bridgehead atoms. The molecular weight excluding hydrogens is 653 g/mol. The van der Waals surface area contributed by atoms with Gasteiger partial charge < -0.3 is 27.9 Å². The van der Waals surface area contributed by atoms with Gasteiger partial charge in [0, 0.05) is 12.8 Å². The maximum Gasteiger partial charge on any atom is 0.306 e. The zero-order chi connectivity index (χ0) is 37.2. The SMILES string of the molecule is CCCCCCCCCCCCCCCCCC(=O)OC[C@H](COP(=O)([O-])OCC[N+](C)(C)C)OC(=O)CCCCCCCCCCCCC. The molecule has 0 amide bonds. The fourth-order valence-electron chi connectivity index (χ4n) is 5.83. The molecule has 0 saturated carbocycles. The van der Waals surface area contributed by atoms with Crippen molar-refractivity contribution in [3.05, 3.63) is 0 Å². The molecule has 10 heteroatoms. The minimum Gasteiger partial charge on any atom is -0.756 e. The first-order valence-corrected chi connectivity index (χ1v) is 22.2. The summed E-state index contributed by atoms with van der Waals surface area (Å²) >= 11 is 0. The van der Waals surface area contributed by atoms with Crippen molar-refractivity contribution in [2.24, 2.45) is 0 Å². The first kappa shape index (κ1) is 49.0. The van der Waals surface area contributed by atoms with Crippen molar-refractivity contribution in [3.8, 4) is 0 Å². The number of carbonyl (C=O) groups excluding carboxylic acids is 2. The summed E-state index contributed by atoms with van der Waals surface area (Å²) in [5.74, 6) is -0.824. The van der Waals surface area contributed by atoms with Crippen molar-refractivity contribution >= 4 is 19.8 Å². The van der Waals surface area contributed by atoms with Gasteiger partial charge in [0.05, 0.1) is 27.7 Å². The molecule has 9 nitrogen and oxygen atoms in total. The van der Waals surface area contributed by atoms with Crippen LogP contribution in [0.25, 0.3) is 0 Å². The summed E-state index contributed by atoms with van der Waals surface area (Å²) in [6.07, 6.45) is 31.2. The predicted molar refractivity (Wildman–Crippen MR) is 204 cm³/mol. The Hall–Kier alpha value is -0.990. The average molecular weight is 734 g/mol. The molecule has 0 aromatic rings. The van der Waals surface area contributed by atoms with Crippen LogP contribution in [0.3, 0.4) is 0 Å². The van der Waals surface area contributed by atoms with E-state index in [0.717, 1.165) is 32.1 Å². The number of quaternary nitrogens is 1. The lowest BCUT2D eigenvalue weighted by molar-refractivity contribution is -0.870. The molecule has 0 aliphatic heterocycles. The lowest BCUT2D eigenvalue weighted by atomic mass is 10.0. The van der Waals surface area contributed by atoms with Crippen molar-refractivity contribution < 1.29 is 42.1 Å². The zero-order valence-electron chi connectivity index (χ0n) is 33.4. The van der Waals surface area contributed by atoms with E-state index in [4.69, 9.17) is 18.5 Å². The third-order valence-corrected chi connectivity index (χ3v) is 10.1. The van der Waals surface area contributed by atoms with E-state index in [1.54, 1.807) is 0 Å². The molecule has 50 heavy (non-hydrogen) atoms. The van der Waals surface area contributed by atoms with Crippen LogP contribution in [0.4, 0.5) is 0 Å². The van der Waals surface area contributed by atoms with Crippen molar-refractivity contribution in [2.75, 3.05) is 47.5 Å². The Morgan fingerprint density at radius 1 is 0.540 bits per heavy atom. The maximum atomic E-state index is 12.6. The second-order valence-electron chi connectivity index (χ2n) is 15.4. The number of phosphoric ester groups is 1. The lowest BCUT2D eigenvalue weighted by Gasteiger charge is -2.28. The summed E-state index contributed by atoms with van der Waals surface area (Å²) < 4.78 is 33.8.